The van der Waals surface area contributed by atoms with Gasteiger partial charge in [-0.05, 0) is 19.1 Å². The predicted molar refractivity (Wildman–Crippen MR) is 81.1 cm³/mol. The summed E-state index contributed by atoms with van der Waals surface area (Å²) >= 11 is 0. The second kappa shape index (κ2) is 6.17. The van der Waals surface area contributed by atoms with Crippen molar-refractivity contribution in [1.29, 1.82) is 0 Å². The van der Waals surface area contributed by atoms with Gasteiger partial charge in [-0.2, -0.15) is 0 Å². The molecular formula is C14H18N4O2S. The molecule has 0 spiro atoms. The van der Waals surface area contributed by atoms with Crippen LogP contribution in [0, 0.1) is 6.92 Å². The van der Waals surface area contributed by atoms with Gasteiger partial charge in [-0.25, -0.2) is 18.4 Å². The zero-order valence-corrected chi connectivity index (χ0v) is 13.1. The Hall–Kier alpha value is -2.02. The average molecular weight is 306 g/mol. The number of rotatable bonds is 5. The molecule has 2 aromatic rings. The van der Waals surface area contributed by atoms with Crippen LogP contribution in [0.2, 0.25) is 0 Å². The molecule has 0 amide bonds. The van der Waals surface area contributed by atoms with Crippen LogP contribution in [0.25, 0.3) is 0 Å². The summed E-state index contributed by atoms with van der Waals surface area (Å²) in [5.41, 5.74) is 0.955. The Morgan fingerprint density at radius 2 is 2.00 bits per heavy atom. The van der Waals surface area contributed by atoms with Gasteiger partial charge < -0.3 is 4.90 Å². The van der Waals surface area contributed by atoms with Crippen LogP contribution in [-0.2, 0) is 16.3 Å². The fraction of sp³-hybridized carbons (Fsp3) is 0.357. The number of sulfone groups is 1. The molecule has 0 saturated heterocycles. The van der Waals surface area contributed by atoms with E-state index in [2.05, 4.69) is 15.0 Å². The molecule has 2 heterocycles. The first-order valence-electron chi connectivity index (χ1n) is 6.52. The summed E-state index contributed by atoms with van der Waals surface area (Å²) in [5, 5.41) is 0. The van der Waals surface area contributed by atoms with E-state index in [-0.39, 0.29) is 4.90 Å². The van der Waals surface area contributed by atoms with Crippen LogP contribution in [0.5, 0.6) is 0 Å². The van der Waals surface area contributed by atoms with Crippen molar-refractivity contribution < 1.29 is 8.42 Å². The summed E-state index contributed by atoms with van der Waals surface area (Å²) in [6.45, 7) is 2.36. The highest BCUT2D eigenvalue weighted by Crippen LogP contribution is 2.21. The maximum absolute atomic E-state index is 11.8. The van der Waals surface area contributed by atoms with Gasteiger partial charge in [0.2, 0.25) is 0 Å². The molecule has 2 aromatic heterocycles. The highest BCUT2D eigenvalue weighted by atomic mass is 32.2. The van der Waals surface area contributed by atoms with E-state index in [1.807, 2.05) is 30.1 Å². The lowest BCUT2D eigenvalue weighted by atomic mass is 10.2. The van der Waals surface area contributed by atoms with E-state index in [0.717, 1.165) is 11.9 Å². The molecular weight excluding hydrogens is 288 g/mol. The van der Waals surface area contributed by atoms with Crippen LogP contribution in [0.4, 0.5) is 5.82 Å². The molecule has 0 radical (unpaired) electrons. The highest BCUT2D eigenvalue weighted by Gasteiger charge is 2.18. The Kier molecular flexibility index (Phi) is 4.52. The lowest BCUT2D eigenvalue weighted by molar-refractivity contribution is 0.600. The fourth-order valence-electron chi connectivity index (χ4n) is 1.92. The quantitative estimate of drug-likeness (QED) is 0.828. The third kappa shape index (κ3) is 3.98. The first kappa shape index (κ1) is 15.4. The maximum Gasteiger partial charge on any atom is 0.180 e. The molecule has 112 valence electrons. The molecule has 0 aliphatic heterocycles. The van der Waals surface area contributed by atoms with Gasteiger partial charge in [0.25, 0.3) is 0 Å². The predicted octanol–water partition coefficient (Wildman–Crippen LogP) is 1.26. The Labute approximate surface area is 124 Å². The van der Waals surface area contributed by atoms with Gasteiger partial charge in [0, 0.05) is 38.2 Å². The van der Waals surface area contributed by atoms with Gasteiger partial charge in [-0.3, -0.25) is 4.98 Å². The highest BCUT2D eigenvalue weighted by molar-refractivity contribution is 7.90. The smallest absolute Gasteiger partial charge is 0.180 e. The number of pyridine rings is 1. The summed E-state index contributed by atoms with van der Waals surface area (Å²) in [5.74, 6) is 0.975. The molecule has 7 heteroatoms. The molecule has 0 unspecified atom stereocenters. The molecule has 0 N–H and O–H groups in total. The molecule has 6 nitrogen and oxygen atoms in total. The van der Waals surface area contributed by atoms with E-state index in [4.69, 9.17) is 0 Å². The van der Waals surface area contributed by atoms with Crippen LogP contribution in [-0.4, -0.2) is 43.2 Å². The van der Waals surface area contributed by atoms with Crippen molar-refractivity contribution in [1.82, 2.24) is 15.0 Å². The van der Waals surface area contributed by atoms with Crippen LogP contribution in [0.1, 0.15) is 11.5 Å². The fourth-order valence-corrected chi connectivity index (χ4v) is 2.69. The Bertz CT molecular complexity index is 717. The Balaban J connectivity index is 2.22. The number of likely N-dealkylation sites (N-methyl/N-ethyl adjacent to an activating group) is 1. The van der Waals surface area contributed by atoms with E-state index in [0.29, 0.717) is 24.6 Å². The summed E-state index contributed by atoms with van der Waals surface area (Å²) in [6, 6.07) is 5.73. The number of nitrogens with zero attached hydrogens (tertiary/aromatic N) is 4. The van der Waals surface area contributed by atoms with Gasteiger partial charge in [-0.15, -0.1) is 0 Å². The number of hydrogen-bond acceptors (Lipinski definition) is 6. The summed E-state index contributed by atoms with van der Waals surface area (Å²) < 4.78 is 23.6. The van der Waals surface area contributed by atoms with Gasteiger partial charge in [-0.1, -0.05) is 6.07 Å². The molecule has 0 aliphatic rings. The van der Waals surface area contributed by atoms with E-state index >= 15 is 0 Å². The molecule has 2 rings (SSSR count). The largest absolute Gasteiger partial charge is 0.358 e. The van der Waals surface area contributed by atoms with Crippen LogP contribution in [0.3, 0.4) is 0 Å². The Morgan fingerprint density at radius 1 is 1.24 bits per heavy atom. The minimum Gasteiger partial charge on any atom is -0.358 e. The van der Waals surface area contributed by atoms with E-state index in [1.165, 1.54) is 6.20 Å². The van der Waals surface area contributed by atoms with Crippen LogP contribution in [0.15, 0.2) is 35.5 Å². The minimum atomic E-state index is -3.36. The van der Waals surface area contributed by atoms with E-state index < -0.39 is 9.84 Å². The molecule has 0 aliphatic carbocycles. The van der Waals surface area contributed by atoms with Crippen molar-refractivity contribution in [3.8, 4) is 0 Å². The molecule has 0 fully saturated rings. The lowest BCUT2D eigenvalue weighted by Crippen LogP contribution is -2.24. The van der Waals surface area contributed by atoms with Crippen molar-refractivity contribution >= 4 is 15.7 Å². The molecule has 0 bridgehead atoms. The maximum atomic E-state index is 11.8. The zero-order chi connectivity index (χ0) is 15.5. The number of aromatic nitrogens is 3. The zero-order valence-electron chi connectivity index (χ0n) is 12.3. The first-order valence-corrected chi connectivity index (χ1v) is 8.42. The summed E-state index contributed by atoms with van der Waals surface area (Å²) in [4.78, 5) is 14.5. The summed E-state index contributed by atoms with van der Waals surface area (Å²) in [6.07, 6.45) is 4.98. The molecule has 0 saturated carbocycles. The molecule has 0 atom stereocenters. The van der Waals surface area contributed by atoms with Crippen LogP contribution < -0.4 is 4.90 Å². The van der Waals surface area contributed by atoms with Crippen LogP contribution >= 0.6 is 0 Å². The normalized spacial score (nSPS) is 11.4. The van der Waals surface area contributed by atoms with Crippen molar-refractivity contribution in [2.24, 2.45) is 0 Å². The number of hydrogen-bond donors (Lipinski definition) is 0. The monoisotopic (exact) mass is 306 g/mol. The third-order valence-corrected chi connectivity index (χ3v) is 4.13. The number of anilines is 1. The standard InChI is InChI=1S/C14H18N4O2S/c1-11-16-10-13(21(3,19)20)14(17-11)18(2)9-7-12-6-4-5-8-15-12/h4-6,8,10H,7,9H2,1-3H3. The molecule has 21 heavy (non-hydrogen) atoms. The van der Waals surface area contributed by atoms with Crippen molar-refractivity contribution in [2.45, 2.75) is 18.2 Å². The van der Waals surface area contributed by atoms with Gasteiger partial charge >= 0.3 is 0 Å². The Morgan fingerprint density at radius 3 is 2.62 bits per heavy atom. The van der Waals surface area contributed by atoms with Crippen molar-refractivity contribution in [3.05, 3.63) is 42.1 Å². The average Bonchev–Trinajstić information content (AvgIpc) is 2.44. The summed E-state index contributed by atoms with van der Waals surface area (Å²) in [7, 11) is -1.54. The second-order valence-electron chi connectivity index (χ2n) is 4.87. The topological polar surface area (TPSA) is 76.1 Å². The first-order chi connectivity index (χ1) is 9.88. The van der Waals surface area contributed by atoms with Crippen molar-refractivity contribution in [2.75, 3.05) is 24.7 Å². The molecule has 0 aromatic carbocycles. The third-order valence-electron chi connectivity index (χ3n) is 3.05. The SMILES string of the molecule is Cc1ncc(S(C)(=O)=O)c(N(C)CCc2ccccn2)n1. The van der Waals surface area contributed by atoms with E-state index in [9.17, 15) is 8.42 Å². The van der Waals surface area contributed by atoms with Gasteiger partial charge in [0.1, 0.15) is 10.7 Å². The van der Waals surface area contributed by atoms with Gasteiger partial charge in [0.05, 0.1) is 6.20 Å². The minimum absolute atomic E-state index is 0.150. The number of aryl methyl sites for hydroxylation is 1. The van der Waals surface area contributed by atoms with Gasteiger partial charge in [0.15, 0.2) is 15.7 Å². The van der Waals surface area contributed by atoms with E-state index in [1.54, 1.807) is 13.1 Å². The lowest BCUT2D eigenvalue weighted by Gasteiger charge is -2.20. The second-order valence-corrected chi connectivity index (χ2v) is 6.85. The van der Waals surface area contributed by atoms with Crippen molar-refractivity contribution in [3.63, 3.8) is 0 Å².